The summed E-state index contributed by atoms with van der Waals surface area (Å²) < 4.78 is 0. The molecule has 17 heavy (non-hydrogen) atoms. The standard InChI is InChI=1S/C13H8N2O2/c16-13(17)8-1-2-10-11-7-14-4-3-9(11)6-15-12(10)5-8/h1-7H,(H,16,17). The van der Waals surface area contributed by atoms with Crippen LogP contribution in [-0.2, 0) is 0 Å². The maximum Gasteiger partial charge on any atom is 0.335 e. The van der Waals surface area contributed by atoms with E-state index in [0.29, 0.717) is 5.52 Å². The Bertz CT molecular complexity index is 738. The summed E-state index contributed by atoms with van der Waals surface area (Å²) in [5, 5.41) is 11.8. The Morgan fingerprint density at radius 2 is 2.00 bits per heavy atom. The van der Waals surface area contributed by atoms with Gasteiger partial charge in [0.2, 0.25) is 0 Å². The minimum atomic E-state index is -0.944. The van der Waals surface area contributed by atoms with E-state index in [-0.39, 0.29) is 5.56 Å². The molecule has 0 radical (unpaired) electrons. The summed E-state index contributed by atoms with van der Waals surface area (Å²) in [5.74, 6) is -0.944. The van der Waals surface area contributed by atoms with E-state index in [0.717, 1.165) is 16.2 Å². The second-order valence-electron chi connectivity index (χ2n) is 3.76. The Kier molecular flexibility index (Phi) is 2.01. The van der Waals surface area contributed by atoms with Gasteiger partial charge >= 0.3 is 5.97 Å². The predicted octanol–water partition coefficient (Wildman–Crippen LogP) is 2.48. The van der Waals surface area contributed by atoms with Crippen molar-refractivity contribution < 1.29 is 9.90 Å². The zero-order valence-corrected chi connectivity index (χ0v) is 8.79. The lowest BCUT2D eigenvalue weighted by Gasteiger charge is -2.03. The maximum atomic E-state index is 10.9. The first-order valence-electron chi connectivity index (χ1n) is 5.11. The van der Waals surface area contributed by atoms with Crippen molar-refractivity contribution in [2.24, 2.45) is 0 Å². The number of hydrogen-bond acceptors (Lipinski definition) is 3. The fourth-order valence-electron chi connectivity index (χ4n) is 1.88. The van der Waals surface area contributed by atoms with Crippen molar-refractivity contribution in [3.8, 4) is 0 Å². The molecule has 3 aromatic rings. The van der Waals surface area contributed by atoms with E-state index in [2.05, 4.69) is 9.97 Å². The van der Waals surface area contributed by atoms with Crippen LogP contribution in [0.3, 0.4) is 0 Å². The molecule has 0 atom stereocenters. The van der Waals surface area contributed by atoms with E-state index in [1.54, 1.807) is 36.8 Å². The number of aromatic carboxylic acids is 1. The third kappa shape index (κ3) is 1.50. The molecule has 2 aromatic heterocycles. The molecular weight excluding hydrogens is 216 g/mol. The van der Waals surface area contributed by atoms with Crippen molar-refractivity contribution in [1.29, 1.82) is 0 Å². The quantitative estimate of drug-likeness (QED) is 0.645. The van der Waals surface area contributed by atoms with Gasteiger partial charge in [0.15, 0.2) is 0 Å². The highest BCUT2D eigenvalue weighted by Crippen LogP contribution is 2.23. The second-order valence-corrected chi connectivity index (χ2v) is 3.76. The Balaban J connectivity index is 2.41. The van der Waals surface area contributed by atoms with Crippen molar-refractivity contribution >= 4 is 27.6 Å². The number of fused-ring (bicyclic) bond motifs is 3. The molecule has 82 valence electrons. The summed E-state index contributed by atoms with van der Waals surface area (Å²) in [6.07, 6.45) is 5.20. The number of carbonyl (C=O) groups is 1. The lowest BCUT2D eigenvalue weighted by molar-refractivity contribution is 0.0697. The van der Waals surface area contributed by atoms with Gasteiger partial charge in [0.25, 0.3) is 0 Å². The van der Waals surface area contributed by atoms with E-state index in [1.165, 1.54) is 0 Å². The molecule has 0 spiro atoms. The molecular formula is C13H8N2O2. The molecule has 0 saturated heterocycles. The van der Waals surface area contributed by atoms with Crippen molar-refractivity contribution in [3.05, 3.63) is 48.4 Å². The summed E-state index contributed by atoms with van der Waals surface area (Å²) in [7, 11) is 0. The van der Waals surface area contributed by atoms with Gasteiger partial charge < -0.3 is 5.11 Å². The Hall–Kier alpha value is -2.49. The normalized spacial score (nSPS) is 10.8. The Labute approximate surface area is 96.6 Å². The van der Waals surface area contributed by atoms with Crippen LogP contribution in [0, 0.1) is 0 Å². The monoisotopic (exact) mass is 224 g/mol. The molecule has 4 heteroatoms. The van der Waals surface area contributed by atoms with Gasteiger partial charge in [0.05, 0.1) is 11.1 Å². The minimum absolute atomic E-state index is 0.244. The molecule has 0 unspecified atom stereocenters. The van der Waals surface area contributed by atoms with Crippen LogP contribution in [0.5, 0.6) is 0 Å². The van der Waals surface area contributed by atoms with E-state index in [4.69, 9.17) is 5.11 Å². The van der Waals surface area contributed by atoms with Gasteiger partial charge in [-0.15, -0.1) is 0 Å². The first-order chi connectivity index (χ1) is 8.25. The third-order valence-electron chi connectivity index (χ3n) is 2.73. The van der Waals surface area contributed by atoms with Crippen LogP contribution in [0.1, 0.15) is 10.4 Å². The van der Waals surface area contributed by atoms with Crippen LogP contribution in [-0.4, -0.2) is 21.0 Å². The molecule has 0 aliphatic rings. The molecule has 0 saturated carbocycles. The zero-order valence-electron chi connectivity index (χ0n) is 8.79. The van der Waals surface area contributed by atoms with Crippen LogP contribution in [0.4, 0.5) is 0 Å². The van der Waals surface area contributed by atoms with Gasteiger partial charge in [-0.25, -0.2) is 4.79 Å². The van der Waals surface area contributed by atoms with Crippen LogP contribution >= 0.6 is 0 Å². The summed E-state index contributed by atoms with van der Waals surface area (Å²) >= 11 is 0. The van der Waals surface area contributed by atoms with Gasteiger partial charge in [-0.2, -0.15) is 0 Å². The number of carboxylic acids is 1. The number of nitrogens with zero attached hydrogens (tertiary/aromatic N) is 2. The molecule has 1 N–H and O–H groups in total. The molecule has 0 aliphatic heterocycles. The highest BCUT2D eigenvalue weighted by Gasteiger charge is 2.06. The van der Waals surface area contributed by atoms with Crippen LogP contribution in [0.25, 0.3) is 21.7 Å². The molecule has 4 nitrogen and oxygen atoms in total. The van der Waals surface area contributed by atoms with E-state index >= 15 is 0 Å². The number of aromatic nitrogens is 2. The summed E-state index contributed by atoms with van der Waals surface area (Å²) in [6, 6.07) is 6.81. The minimum Gasteiger partial charge on any atom is -0.478 e. The third-order valence-corrected chi connectivity index (χ3v) is 2.73. The fraction of sp³-hybridized carbons (Fsp3) is 0. The zero-order chi connectivity index (χ0) is 11.8. The number of carboxylic acid groups (broad SMARTS) is 1. The van der Waals surface area contributed by atoms with Crippen LogP contribution in [0.15, 0.2) is 42.9 Å². The van der Waals surface area contributed by atoms with E-state index in [1.807, 2.05) is 6.07 Å². The topological polar surface area (TPSA) is 63.1 Å². The van der Waals surface area contributed by atoms with Gasteiger partial charge in [-0.1, -0.05) is 6.07 Å². The van der Waals surface area contributed by atoms with Crippen molar-refractivity contribution in [3.63, 3.8) is 0 Å². The molecule has 0 aliphatic carbocycles. The first kappa shape index (κ1) is 9.72. The first-order valence-corrected chi connectivity index (χ1v) is 5.11. The summed E-state index contributed by atoms with van der Waals surface area (Å²) in [4.78, 5) is 19.2. The largest absolute Gasteiger partial charge is 0.478 e. The number of hydrogen-bond donors (Lipinski definition) is 1. The molecule has 3 rings (SSSR count). The number of benzene rings is 1. The van der Waals surface area contributed by atoms with Gasteiger partial charge in [0, 0.05) is 34.7 Å². The average molecular weight is 224 g/mol. The molecule has 0 bridgehead atoms. The Morgan fingerprint density at radius 3 is 2.82 bits per heavy atom. The van der Waals surface area contributed by atoms with Crippen LogP contribution < -0.4 is 0 Å². The number of rotatable bonds is 1. The van der Waals surface area contributed by atoms with E-state index < -0.39 is 5.97 Å². The second kappa shape index (κ2) is 3.52. The Morgan fingerprint density at radius 1 is 1.12 bits per heavy atom. The predicted molar refractivity (Wildman–Crippen MR) is 64.0 cm³/mol. The van der Waals surface area contributed by atoms with Crippen molar-refractivity contribution in [1.82, 2.24) is 9.97 Å². The van der Waals surface area contributed by atoms with E-state index in [9.17, 15) is 4.79 Å². The molecule has 0 amide bonds. The molecule has 1 aromatic carbocycles. The highest BCUT2D eigenvalue weighted by atomic mass is 16.4. The SMILES string of the molecule is O=C(O)c1ccc2c(c1)ncc1ccncc12. The summed E-state index contributed by atoms with van der Waals surface area (Å²) in [5.41, 5.74) is 0.915. The molecule has 2 heterocycles. The smallest absolute Gasteiger partial charge is 0.335 e. The average Bonchev–Trinajstić information content (AvgIpc) is 2.38. The fourth-order valence-corrected chi connectivity index (χ4v) is 1.88. The van der Waals surface area contributed by atoms with Gasteiger partial charge in [-0.3, -0.25) is 9.97 Å². The van der Waals surface area contributed by atoms with Crippen LogP contribution in [0.2, 0.25) is 0 Å². The van der Waals surface area contributed by atoms with Gasteiger partial charge in [-0.05, 0) is 18.2 Å². The lowest BCUT2D eigenvalue weighted by atomic mass is 10.1. The highest BCUT2D eigenvalue weighted by molar-refractivity contribution is 6.06. The maximum absolute atomic E-state index is 10.9. The lowest BCUT2D eigenvalue weighted by Crippen LogP contribution is -1.96. The van der Waals surface area contributed by atoms with Gasteiger partial charge in [0.1, 0.15) is 0 Å². The summed E-state index contributed by atoms with van der Waals surface area (Å²) in [6.45, 7) is 0. The number of pyridine rings is 2. The van der Waals surface area contributed by atoms with Crippen molar-refractivity contribution in [2.45, 2.75) is 0 Å². The molecule has 0 fully saturated rings. The van der Waals surface area contributed by atoms with Crippen molar-refractivity contribution in [2.75, 3.05) is 0 Å².